The van der Waals surface area contributed by atoms with Gasteiger partial charge < -0.3 is 10.4 Å². The Hall–Kier alpha value is -0.950. The Balaban J connectivity index is 2.91. The first-order valence-corrected chi connectivity index (χ1v) is 8.35. The quantitative estimate of drug-likeness (QED) is 0.760. The van der Waals surface area contributed by atoms with E-state index in [2.05, 4.69) is 5.32 Å². The summed E-state index contributed by atoms with van der Waals surface area (Å²) in [6.45, 7) is 7.17. The van der Waals surface area contributed by atoms with Gasteiger partial charge in [-0.3, -0.25) is 0 Å². The van der Waals surface area contributed by atoms with Crippen LogP contribution < -0.4 is 5.32 Å². The van der Waals surface area contributed by atoms with Crippen LogP contribution >= 0.6 is 0 Å². The highest BCUT2D eigenvalue weighted by atomic mass is 32.2. The lowest BCUT2D eigenvalue weighted by Crippen LogP contribution is -2.30. The summed E-state index contributed by atoms with van der Waals surface area (Å²) in [7, 11) is -3.39. The average Bonchev–Trinajstić information content (AvgIpc) is 2.46. The fourth-order valence-electron chi connectivity index (χ4n) is 2.04. The average molecular weight is 300 g/mol. The van der Waals surface area contributed by atoms with Crippen LogP contribution in [0.1, 0.15) is 32.4 Å². The van der Waals surface area contributed by atoms with E-state index >= 15 is 0 Å². The SMILES string of the molecule is CCN(CC)S(=O)(=O)c1ccc(C(C)NCCO)cc1. The molecule has 1 atom stereocenters. The van der Waals surface area contributed by atoms with E-state index in [0.29, 0.717) is 24.5 Å². The molecule has 0 amide bonds. The molecular weight excluding hydrogens is 276 g/mol. The van der Waals surface area contributed by atoms with Crippen LogP contribution in [0.25, 0.3) is 0 Å². The van der Waals surface area contributed by atoms with Crippen molar-refractivity contribution in [3.05, 3.63) is 29.8 Å². The Bertz CT molecular complexity index is 496. The van der Waals surface area contributed by atoms with Gasteiger partial charge in [-0.25, -0.2) is 8.42 Å². The summed E-state index contributed by atoms with van der Waals surface area (Å²) in [6, 6.07) is 6.98. The Kier molecular flexibility index (Phi) is 6.61. The minimum absolute atomic E-state index is 0.0763. The van der Waals surface area contributed by atoms with Gasteiger partial charge in [-0.1, -0.05) is 26.0 Å². The molecule has 0 aliphatic rings. The van der Waals surface area contributed by atoms with E-state index < -0.39 is 10.0 Å². The highest BCUT2D eigenvalue weighted by Gasteiger charge is 2.21. The summed E-state index contributed by atoms with van der Waals surface area (Å²) in [5, 5.41) is 11.9. The maximum Gasteiger partial charge on any atom is 0.243 e. The molecule has 0 aliphatic heterocycles. The predicted molar refractivity (Wildman–Crippen MR) is 80.1 cm³/mol. The van der Waals surface area contributed by atoms with Gasteiger partial charge in [0, 0.05) is 25.7 Å². The standard InChI is InChI=1S/C14H24N2O3S/c1-4-16(5-2)20(18,19)14-8-6-13(7-9-14)12(3)15-10-11-17/h6-9,12,15,17H,4-5,10-11H2,1-3H3. The number of sulfonamides is 1. The Labute approximate surface area is 121 Å². The lowest BCUT2D eigenvalue weighted by atomic mass is 10.1. The molecule has 1 unspecified atom stereocenters. The minimum Gasteiger partial charge on any atom is -0.395 e. The molecule has 0 spiro atoms. The zero-order valence-corrected chi connectivity index (χ0v) is 13.2. The molecule has 0 radical (unpaired) electrons. The summed E-state index contributed by atoms with van der Waals surface area (Å²) in [6.07, 6.45) is 0. The molecule has 0 heterocycles. The third-order valence-electron chi connectivity index (χ3n) is 3.29. The second-order valence-electron chi connectivity index (χ2n) is 4.56. The topological polar surface area (TPSA) is 69.6 Å². The summed E-state index contributed by atoms with van der Waals surface area (Å²) in [4.78, 5) is 0.319. The monoisotopic (exact) mass is 300 g/mol. The molecule has 0 saturated heterocycles. The van der Waals surface area contributed by atoms with Crippen molar-refractivity contribution in [3.8, 4) is 0 Å². The van der Waals surface area contributed by atoms with Crippen LogP contribution in [0.2, 0.25) is 0 Å². The normalized spacial score (nSPS) is 13.7. The van der Waals surface area contributed by atoms with Crippen molar-refractivity contribution in [2.45, 2.75) is 31.7 Å². The third kappa shape index (κ3) is 4.02. The van der Waals surface area contributed by atoms with E-state index in [9.17, 15) is 8.42 Å². The van der Waals surface area contributed by atoms with Crippen LogP contribution in [0.15, 0.2) is 29.2 Å². The molecule has 0 aliphatic carbocycles. The van der Waals surface area contributed by atoms with Crippen LogP contribution in [0.3, 0.4) is 0 Å². The summed E-state index contributed by atoms with van der Waals surface area (Å²) in [5.41, 5.74) is 0.997. The van der Waals surface area contributed by atoms with Crippen molar-refractivity contribution in [1.29, 1.82) is 0 Å². The second-order valence-corrected chi connectivity index (χ2v) is 6.50. The van der Waals surface area contributed by atoms with Crippen LogP contribution in [-0.4, -0.2) is 44.1 Å². The number of nitrogens with zero attached hydrogens (tertiary/aromatic N) is 1. The number of hydrogen-bond acceptors (Lipinski definition) is 4. The number of aliphatic hydroxyl groups is 1. The Morgan fingerprint density at radius 3 is 2.20 bits per heavy atom. The minimum atomic E-state index is -3.39. The molecule has 0 bridgehead atoms. The largest absolute Gasteiger partial charge is 0.395 e. The molecule has 1 rings (SSSR count). The zero-order valence-electron chi connectivity index (χ0n) is 12.3. The van der Waals surface area contributed by atoms with Crippen molar-refractivity contribution >= 4 is 10.0 Å². The highest BCUT2D eigenvalue weighted by Crippen LogP contribution is 2.19. The highest BCUT2D eigenvalue weighted by molar-refractivity contribution is 7.89. The van der Waals surface area contributed by atoms with Crippen LogP contribution in [-0.2, 0) is 10.0 Å². The first-order chi connectivity index (χ1) is 9.47. The second kappa shape index (κ2) is 7.73. The van der Waals surface area contributed by atoms with E-state index in [1.807, 2.05) is 32.9 Å². The lowest BCUT2D eigenvalue weighted by Gasteiger charge is -2.19. The molecule has 0 aromatic heterocycles. The molecule has 2 N–H and O–H groups in total. The van der Waals surface area contributed by atoms with Gasteiger partial charge in [0.15, 0.2) is 0 Å². The maximum absolute atomic E-state index is 12.3. The van der Waals surface area contributed by atoms with Crippen LogP contribution in [0.4, 0.5) is 0 Å². The zero-order chi connectivity index (χ0) is 15.2. The number of benzene rings is 1. The van der Waals surface area contributed by atoms with Crippen molar-refractivity contribution in [3.63, 3.8) is 0 Å². The molecule has 1 aromatic carbocycles. The first-order valence-electron chi connectivity index (χ1n) is 6.91. The molecule has 6 heteroatoms. The maximum atomic E-state index is 12.3. The number of nitrogens with one attached hydrogen (secondary N) is 1. The third-order valence-corrected chi connectivity index (χ3v) is 5.35. The molecule has 0 fully saturated rings. The van der Waals surface area contributed by atoms with Crippen molar-refractivity contribution in [2.24, 2.45) is 0 Å². The van der Waals surface area contributed by atoms with Gasteiger partial charge in [0.1, 0.15) is 0 Å². The van der Waals surface area contributed by atoms with Gasteiger partial charge in [0.05, 0.1) is 11.5 Å². The Morgan fingerprint density at radius 1 is 1.20 bits per heavy atom. The fraction of sp³-hybridized carbons (Fsp3) is 0.571. The molecule has 0 saturated carbocycles. The van der Waals surface area contributed by atoms with E-state index in [4.69, 9.17) is 5.11 Å². The first kappa shape index (κ1) is 17.1. The molecular formula is C14H24N2O3S. The van der Waals surface area contributed by atoms with E-state index in [-0.39, 0.29) is 12.6 Å². The number of aliphatic hydroxyl groups excluding tert-OH is 1. The summed E-state index contributed by atoms with van der Waals surface area (Å²) in [5.74, 6) is 0. The molecule has 1 aromatic rings. The number of hydrogen-bond donors (Lipinski definition) is 2. The van der Waals surface area contributed by atoms with Crippen molar-refractivity contribution < 1.29 is 13.5 Å². The van der Waals surface area contributed by atoms with Gasteiger partial charge in [-0.15, -0.1) is 0 Å². The summed E-state index contributed by atoms with van der Waals surface area (Å²) >= 11 is 0. The summed E-state index contributed by atoms with van der Waals surface area (Å²) < 4.78 is 26.1. The van der Waals surface area contributed by atoms with Gasteiger partial charge in [-0.2, -0.15) is 4.31 Å². The lowest BCUT2D eigenvalue weighted by molar-refractivity contribution is 0.286. The van der Waals surface area contributed by atoms with Gasteiger partial charge >= 0.3 is 0 Å². The van der Waals surface area contributed by atoms with Crippen LogP contribution in [0.5, 0.6) is 0 Å². The smallest absolute Gasteiger partial charge is 0.243 e. The molecule has 5 nitrogen and oxygen atoms in total. The number of rotatable bonds is 8. The molecule has 114 valence electrons. The van der Waals surface area contributed by atoms with E-state index in [1.54, 1.807) is 12.1 Å². The Morgan fingerprint density at radius 2 is 1.75 bits per heavy atom. The van der Waals surface area contributed by atoms with Gasteiger partial charge in [0.2, 0.25) is 10.0 Å². The van der Waals surface area contributed by atoms with Gasteiger partial charge in [-0.05, 0) is 24.6 Å². The van der Waals surface area contributed by atoms with Crippen LogP contribution in [0, 0.1) is 0 Å². The van der Waals surface area contributed by atoms with Crippen molar-refractivity contribution in [2.75, 3.05) is 26.2 Å². The fourth-order valence-corrected chi connectivity index (χ4v) is 3.50. The van der Waals surface area contributed by atoms with E-state index in [0.717, 1.165) is 5.56 Å². The van der Waals surface area contributed by atoms with E-state index in [1.165, 1.54) is 4.31 Å². The van der Waals surface area contributed by atoms with Gasteiger partial charge in [0.25, 0.3) is 0 Å². The van der Waals surface area contributed by atoms with Crippen molar-refractivity contribution in [1.82, 2.24) is 9.62 Å². The molecule has 20 heavy (non-hydrogen) atoms. The predicted octanol–water partition coefficient (Wildman–Crippen LogP) is 1.36.